The lowest BCUT2D eigenvalue weighted by Crippen LogP contribution is -2.26. The van der Waals surface area contributed by atoms with Gasteiger partial charge in [-0.15, -0.1) is 0 Å². The van der Waals surface area contributed by atoms with Crippen LogP contribution in [0.3, 0.4) is 0 Å². The van der Waals surface area contributed by atoms with Crippen molar-refractivity contribution < 1.29 is 9.90 Å². The molecule has 25 heavy (non-hydrogen) atoms. The van der Waals surface area contributed by atoms with Gasteiger partial charge in [0.2, 0.25) is 5.91 Å². The smallest absolute Gasteiger partial charge is 0.243 e. The third kappa shape index (κ3) is 12.2. The second kappa shape index (κ2) is 14.5. The summed E-state index contributed by atoms with van der Waals surface area (Å²) in [5.41, 5.74) is 6.31. The molecule has 0 aliphatic carbocycles. The van der Waals surface area contributed by atoms with Crippen molar-refractivity contribution in [1.29, 1.82) is 0 Å². The molecule has 0 bridgehead atoms. The number of nitrogens with one attached hydrogen (secondary N) is 3. The minimum absolute atomic E-state index is 0.100. The predicted molar refractivity (Wildman–Crippen MR) is 103 cm³/mol. The van der Waals surface area contributed by atoms with Gasteiger partial charge in [0.15, 0.2) is 0 Å². The molecule has 140 valence electrons. The molecule has 0 spiro atoms. The Bertz CT molecular complexity index is 489. The van der Waals surface area contributed by atoms with Gasteiger partial charge < -0.3 is 26.8 Å². The number of carbonyl (C=O) groups excluding carboxylic acids is 1. The molecule has 0 atom stereocenters. The van der Waals surface area contributed by atoms with E-state index in [2.05, 4.69) is 16.0 Å². The van der Waals surface area contributed by atoms with E-state index in [0.717, 1.165) is 64.0 Å². The lowest BCUT2D eigenvalue weighted by atomic mass is 10.2. The fourth-order valence-corrected chi connectivity index (χ4v) is 2.22. The van der Waals surface area contributed by atoms with Crippen molar-refractivity contribution in [2.45, 2.75) is 25.7 Å². The SMILES string of the molecule is NCCCNCCCCNCCCNC(=O)C=Cc1ccc(O)cc1. The highest BCUT2D eigenvalue weighted by molar-refractivity contribution is 5.91. The summed E-state index contributed by atoms with van der Waals surface area (Å²) >= 11 is 0. The van der Waals surface area contributed by atoms with Crippen LogP contribution in [0, 0.1) is 0 Å². The zero-order valence-corrected chi connectivity index (χ0v) is 15.0. The van der Waals surface area contributed by atoms with Crippen molar-refractivity contribution in [3.8, 4) is 5.75 Å². The van der Waals surface area contributed by atoms with Crippen LogP contribution in [0.2, 0.25) is 0 Å². The van der Waals surface area contributed by atoms with Crippen molar-refractivity contribution in [3.63, 3.8) is 0 Å². The largest absolute Gasteiger partial charge is 0.508 e. The average Bonchev–Trinajstić information content (AvgIpc) is 2.62. The van der Waals surface area contributed by atoms with Crippen molar-refractivity contribution in [2.75, 3.05) is 39.3 Å². The van der Waals surface area contributed by atoms with E-state index in [1.54, 1.807) is 30.3 Å². The number of phenolic OH excluding ortho intramolecular Hbond substituents is 1. The Balaban J connectivity index is 1.92. The monoisotopic (exact) mass is 348 g/mol. The van der Waals surface area contributed by atoms with Crippen LogP contribution in [0.1, 0.15) is 31.2 Å². The van der Waals surface area contributed by atoms with Gasteiger partial charge in [-0.2, -0.15) is 0 Å². The van der Waals surface area contributed by atoms with E-state index in [0.29, 0.717) is 6.54 Å². The highest BCUT2D eigenvalue weighted by Gasteiger charge is 1.96. The molecular formula is C19H32N4O2. The number of unbranched alkanes of at least 4 members (excludes halogenated alkanes) is 1. The van der Waals surface area contributed by atoms with E-state index in [1.807, 2.05) is 0 Å². The zero-order valence-electron chi connectivity index (χ0n) is 15.0. The third-order valence-corrected chi connectivity index (χ3v) is 3.66. The van der Waals surface area contributed by atoms with Gasteiger partial charge in [0.25, 0.3) is 0 Å². The number of aromatic hydroxyl groups is 1. The molecule has 0 fully saturated rings. The van der Waals surface area contributed by atoms with Gasteiger partial charge in [-0.3, -0.25) is 4.79 Å². The fourth-order valence-electron chi connectivity index (χ4n) is 2.22. The summed E-state index contributed by atoms with van der Waals surface area (Å²) in [5, 5.41) is 18.8. The van der Waals surface area contributed by atoms with E-state index < -0.39 is 0 Å². The van der Waals surface area contributed by atoms with E-state index in [9.17, 15) is 9.90 Å². The molecule has 1 aromatic carbocycles. The Morgan fingerprint density at radius 2 is 1.52 bits per heavy atom. The molecule has 0 aliphatic rings. The Morgan fingerprint density at radius 1 is 0.920 bits per heavy atom. The van der Waals surface area contributed by atoms with Gasteiger partial charge in [0, 0.05) is 12.6 Å². The first-order chi connectivity index (χ1) is 12.2. The Hall–Kier alpha value is -1.89. The summed E-state index contributed by atoms with van der Waals surface area (Å²) in [6, 6.07) is 6.71. The maximum Gasteiger partial charge on any atom is 0.243 e. The molecule has 1 aromatic rings. The second-order valence-corrected chi connectivity index (χ2v) is 5.92. The number of nitrogens with two attached hydrogens (primary N) is 1. The number of rotatable bonds is 14. The van der Waals surface area contributed by atoms with Crippen LogP contribution in [0.15, 0.2) is 30.3 Å². The molecule has 0 heterocycles. The predicted octanol–water partition coefficient (Wildman–Crippen LogP) is 1.22. The van der Waals surface area contributed by atoms with Crippen LogP contribution < -0.4 is 21.7 Å². The number of carbonyl (C=O) groups is 1. The van der Waals surface area contributed by atoms with E-state index in [-0.39, 0.29) is 11.7 Å². The summed E-state index contributed by atoms with van der Waals surface area (Å²) in [6.07, 6.45) is 7.50. The summed E-state index contributed by atoms with van der Waals surface area (Å²) < 4.78 is 0. The van der Waals surface area contributed by atoms with Crippen LogP contribution in [0.5, 0.6) is 5.75 Å². The van der Waals surface area contributed by atoms with Gasteiger partial charge in [-0.25, -0.2) is 0 Å². The molecule has 6 N–H and O–H groups in total. The van der Waals surface area contributed by atoms with Crippen LogP contribution in [-0.2, 0) is 4.79 Å². The first-order valence-electron chi connectivity index (χ1n) is 9.09. The van der Waals surface area contributed by atoms with E-state index in [4.69, 9.17) is 5.73 Å². The zero-order chi connectivity index (χ0) is 18.2. The van der Waals surface area contributed by atoms with Crippen molar-refractivity contribution >= 4 is 12.0 Å². The van der Waals surface area contributed by atoms with Gasteiger partial charge in [0.1, 0.15) is 5.75 Å². The van der Waals surface area contributed by atoms with E-state index in [1.165, 1.54) is 6.08 Å². The Morgan fingerprint density at radius 3 is 2.16 bits per heavy atom. The molecule has 1 amide bonds. The first kappa shape index (κ1) is 21.2. The highest BCUT2D eigenvalue weighted by atomic mass is 16.3. The van der Waals surface area contributed by atoms with Crippen molar-refractivity contribution in [2.24, 2.45) is 5.73 Å². The Kier molecular flexibility index (Phi) is 12.2. The number of amides is 1. The van der Waals surface area contributed by atoms with Gasteiger partial charge in [0.05, 0.1) is 0 Å². The first-order valence-corrected chi connectivity index (χ1v) is 9.09. The minimum Gasteiger partial charge on any atom is -0.508 e. The maximum atomic E-state index is 11.7. The second-order valence-electron chi connectivity index (χ2n) is 5.92. The summed E-state index contributed by atoms with van der Waals surface area (Å²) in [6.45, 7) is 5.37. The molecule has 0 saturated heterocycles. The molecule has 0 radical (unpaired) electrons. The van der Waals surface area contributed by atoms with Crippen molar-refractivity contribution in [1.82, 2.24) is 16.0 Å². The minimum atomic E-state index is -0.100. The number of hydrogen-bond acceptors (Lipinski definition) is 5. The van der Waals surface area contributed by atoms with Crippen LogP contribution >= 0.6 is 0 Å². The highest BCUT2D eigenvalue weighted by Crippen LogP contribution is 2.10. The summed E-state index contributed by atoms with van der Waals surface area (Å²) in [5.74, 6) is 0.119. The van der Waals surface area contributed by atoms with Crippen molar-refractivity contribution in [3.05, 3.63) is 35.9 Å². The topological polar surface area (TPSA) is 99.4 Å². The maximum absolute atomic E-state index is 11.7. The third-order valence-electron chi connectivity index (χ3n) is 3.66. The lowest BCUT2D eigenvalue weighted by Gasteiger charge is -2.06. The number of benzene rings is 1. The molecule has 0 aliphatic heterocycles. The molecular weight excluding hydrogens is 316 g/mol. The molecule has 6 nitrogen and oxygen atoms in total. The Labute approximate surface area is 150 Å². The average molecular weight is 348 g/mol. The van der Waals surface area contributed by atoms with Crippen LogP contribution in [0.25, 0.3) is 6.08 Å². The molecule has 0 unspecified atom stereocenters. The lowest BCUT2D eigenvalue weighted by molar-refractivity contribution is -0.116. The number of hydrogen-bond donors (Lipinski definition) is 5. The van der Waals surface area contributed by atoms with Gasteiger partial charge in [-0.05, 0) is 82.2 Å². The quantitative estimate of drug-likeness (QED) is 0.257. The van der Waals surface area contributed by atoms with Gasteiger partial charge in [-0.1, -0.05) is 12.1 Å². The van der Waals surface area contributed by atoms with Crippen LogP contribution in [-0.4, -0.2) is 50.3 Å². The standard InChI is InChI=1S/C19H32N4O2/c20-11-3-14-21-12-1-2-13-22-15-4-16-23-19(25)10-7-17-5-8-18(24)9-6-17/h5-10,21-22,24H,1-4,11-16,20H2,(H,23,25). The number of phenols is 1. The van der Waals surface area contributed by atoms with Gasteiger partial charge >= 0.3 is 0 Å². The van der Waals surface area contributed by atoms with E-state index >= 15 is 0 Å². The fraction of sp³-hybridized carbons (Fsp3) is 0.526. The summed E-state index contributed by atoms with van der Waals surface area (Å²) in [4.78, 5) is 11.7. The molecule has 0 saturated carbocycles. The molecule has 0 aromatic heterocycles. The summed E-state index contributed by atoms with van der Waals surface area (Å²) in [7, 11) is 0. The normalized spacial score (nSPS) is 11.1. The van der Waals surface area contributed by atoms with Crippen LogP contribution in [0.4, 0.5) is 0 Å². The molecule has 1 rings (SSSR count). The molecule has 6 heteroatoms.